The molecular formula is C31H32N4O2S. The highest BCUT2D eigenvalue weighted by molar-refractivity contribution is 7.80. The van der Waals surface area contributed by atoms with Crippen LogP contribution in [0.1, 0.15) is 60.4 Å². The van der Waals surface area contributed by atoms with Gasteiger partial charge >= 0.3 is 0 Å². The van der Waals surface area contributed by atoms with Gasteiger partial charge in [-0.3, -0.25) is 4.98 Å². The summed E-state index contributed by atoms with van der Waals surface area (Å²) in [7, 11) is 0. The first kappa shape index (κ1) is 24.5. The van der Waals surface area contributed by atoms with Gasteiger partial charge in [-0.25, -0.2) is 0 Å². The van der Waals surface area contributed by atoms with Crippen molar-refractivity contribution < 1.29 is 9.84 Å². The van der Waals surface area contributed by atoms with Crippen molar-refractivity contribution in [3.8, 4) is 17.2 Å². The maximum atomic E-state index is 9.82. The Labute approximate surface area is 228 Å². The van der Waals surface area contributed by atoms with Crippen LogP contribution in [-0.4, -0.2) is 25.9 Å². The highest BCUT2D eigenvalue weighted by Crippen LogP contribution is 2.44. The zero-order chi connectivity index (χ0) is 26.2. The molecule has 7 heteroatoms. The summed E-state index contributed by atoms with van der Waals surface area (Å²) < 4.78 is 8.44. The van der Waals surface area contributed by atoms with Gasteiger partial charge in [0.25, 0.3) is 0 Å². The number of nitrogens with one attached hydrogen (secondary N) is 1. The summed E-state index contributed by atoms with van der Waals surface area (Å²) in [5.41, 5.74) is 6.37. The number of ether oxygens (including phenoxy) is 1. The number of hydrogen-bond donors (Lipinski definition) is 2. The van der Waals surface area contributed by atoms with E-state index in [1.807, 2.05) is 30.5 Å². The normalized spacial score (nSPS) is 19.6. The van der Waals surface area contributed by atoms with E-state index in [0.717, 1.165) is 47.0 Å². The molecule has 0 bridgehead atoms. The van der Waals surface area contributed by atoms with Crippen molar-refractivity contribution in [1.82, 2.24) is 14.9 Å². The summed E-state index contributed by atoms with van der Waals surface area (Å²) in [6.45, 7) is 4.25. The third kappa shape index (κ3) is 4.52. The molecule has 1 saturated carbocycles. The van der Waals surface area contributed by atoms with Crippen molar-refractivity contribution in [3.63, 3.8) is 0 Å². The summed E-state index contributed by atoms with van der Waals surface area (Å²) in [6, 6.07) is 23.7. The van der Waals surface area contributed by atoms with E-state index in [9.17, 15) is 5.11 Å². The van der Waals surface area contributed by atoms with Crippen LogP contribution in [0, 0.1) is 13.8 Å². The number of benzene rings is 2. The van der Waals surface area contributed by atoms with Gasteiger partial charge in [0.1, 0.15) is 11.5 Å². The fourth-order valence-electron chi connectivity index (χ4n) is 5.92. The van der Waals surface area contributed by atoms with Crippen molar-refractivity contribution >= 4 is 23.0 Å². The van der Waals surface area contributed by atoms with E-state index in [2.05, 4.69) is 65.0 Å². The second-order valence-electron chi connectivity index (χ2n) is 10.2. The number of aromatic nitrogens is 2. The Kier molecular flexibility index (Phi) is 6.54. The predicted molar refractivity (Wildman–Crippen MR) is 154 cm³/mol. The molecule has 0 unspecified atom stereocenters. The van der Waals surface area contributed by atoms with Gasteiger partial charge in [-0.1, -0.05) is 6.07 Å². The number of pyridine rings is 1. The van der Waals surface area contributed by atoms with Crippen LogP contribution < -0.4 is 15.0 Å². The quantitative estimate of drug-likeness (QED) is 0.274. The van der Waals surface area contributed by atoms with Gasteiger partial charge < -0.3 is 24.6 Å². The number of nitrogens with zero attached hydrogens (tertiary/aromatic N) is 3. The van der Waals surface area contributed by atoms with E-state index in [1.165, 1.54) is 18.4 Å². The van der Waals surface area contributed by atoms with Gasteiger partial charge in [0, 0.05) is 29.0 Å². The van der Waals surface area contributed by atoms with Crippen LogP contribution in [0.3, 0.4) is 0 Å². The summed E-state index contributed by atoms with van der Waals surface area (Å²) in [5, 5.41) is 14.1. The highest BCUT2D eigenvalue weighted by Gasteiger charge is 2.42. The molecule has 2 atom stereocenters. The summed E-state index contributed by atoms with van der Waals surface area (Å²) >= 11 is 5.94. The van der Waals surface area contributed by atoms with Crippen LogP contribution in [0.25, 0.3) is 5.69 Å². The molecule has 2 fully saturated rings. The van der Waals surface area contributed by atoms with Crippen LogP contribution in [-0.2, 0) is 0 Å². The minimum Gasteiger partial charge on any atom is -0.508 e. The van der Waals surface area contributed by atoms with Gasteiger partial charge in [-0.2, -0.15) is 0 Å². The largest absolute Gasteiger partial charge is 0.508 e. The molecule has 2 N–H and O–H groups in total. The van der Waals surface area contributed by atoms with Gasteiger partial charge in [0.15, 0.2) is 5.11 Å². The Bertz CT molecular complexity index is 1430. The van der Waals surface area contributed by atoms with E-state index < -0.39 is 0 Å². The second-order valence-corrected chi connectivity index (χ2v) is 10.6. The fraction of sp³-hybridized carbons (Fsp3) is 0.290. The molecule has 2 aromatic carbocycles. The maximum absolute atomic E-state index is 9.82. The summed E-state index contributed by atoms with van der Waals surface area (Å²) in [6.07, 6.45) is 6.90. The van der Waals surface area contributed by atoms with Crippen molar-refractivity contribution in [1.29, 1.82) is 0 Å². The number of phenolic OH excluding ortho intramolecular Hbond substituents is 1. The predicted octanol–water partition coefficient (Wildman–Crippen LogP) is 6.69. The Balaban J connectivity index is 1.41. The third-order valence-electron chi connectivity index (χ3n) is 7.71. The SMILES string of the molecule is Cc1cc([C@@H]2[C@@H](c3ccccn3)NC(=S)N2c2ccc(OC3CCCC3)cc2)c(C)n1-c1ccc(O)cc1. The van der Waals surface area contributed by atoms with Gasteiger partial charge in [-0.15, -0.1) is 0 Å². The number of phenols is 1. The van der Waals surface area contributed by atoms with Crippen LogP contribution in [0.5, 0.6) is 11.5 Å². The molecule has 1 aliphatic heterocycles. The molecule has 4 aromatic rings. The number of rotatable bonds is 6. The monoisotopic (exact) mass is 524 g/mol. The smallest absolute Gasteiger partial charge is 0.174 e. The number of hydrogen-bond acceptors (Lipinski definition) is 4. The van der Waals surface area contributed by atoms with E-state index in [4.69, 9.17) is 21.9 Å². The number of anilines is 1. The van der Waals surface area contributed by atoms with Crippen molar-refractivity contribution in [3.05, 3.63) is 102 Å². The summed E-state index contributed by atoms with van der Waals surface area (Å²) in [4.78, 5) is 6.90. The summed E-state index contributed by atoms with van der Waals surface area (Å²) in [5.74, 6) is 1.16. The fourth-order valence-corrected chi connectivity index (χ4v) is 6.26. The maximum Gasteiger partial charge on any atom is 0.174 e. The first-order valence-electron chi connectivity index (χ1n) is 13.3. The molecule has 1 aliphatic carbocycles. The standard InChI is InChI=1S/C31H32N4O2S/c1-20-19-27(21(2)34(20)22-10-14-24(36)15-11-22)30-29(28-9-5-6-18-32-28)33-31(38)35(30)23-12-16-26(17-13-23)37-25-7-3-4-8-25/h5-6,9-19,25,29-30,36H,3-4,7-8H2,1-2H3,(H,33,38)/t29-,30-/m1/s1. The van der Waals surface area contributed by atoms with Gasteiger partial charge in [0.2, 0.25) is 0 Å². The average Bonchev–Trinajstić information content (AvgIpc) is 3.64. The Morgan fingerprint density at radius 2 is 1.66 bits per heavy atom. The number of aryl methyl sites for hydroxylation is 1. The molecule has 2 aliphatic rings. The van der Waals surface area contributed by atoms with Crippen molar-refractivity contribution in [2.75, 3.05) is 4.90 Å². The lowest BCUT2D eigenvalue weighted by Gasteiger charge is -2.28. The zero-order valence-electron chi connectivity index (χ0n) is 21.7. The molecule has 3 heterocycles. The highest BCUT2D eigenvalue weighted by atomic mass is 32.1. The lowest BCUT2D eigenvalue weighted by Crippen LogP contribution is -2.29. The van der Waals surface area contributed by atoms with Crippen molar-refractivity contribution in [2.24, 2.45) is 0 Å². The number of aromatic hydroxyl groups is 1. The molecule has 38 heavy (non-hydrogen) atoms. The van der Waals surface area contributed by atoms with E-state index in [1.54, 1.807) is 12.1 Å². The van der Waals surface area contributed by atoms with Crippen LogP contribution in [0.15, 0.2) is 79.0 Å². The number of thiocarbonyl (C=S) groups is 1. The lowest BCUT2D eigenvalue weighted by atomic mass is 9.96. The molecule has 194 valence electrons. The molecular weight excluding hydrogens is 492 g/mol. The molecule has 0 amide bonds. The van der Waals surface area contributed by atoms with Crippen LogP contribution in [0.2, 0.25) is 0 Å². The average molecular weight is 525 g/mol. The van der Waals surface area contributed by atoms with E-state index in [0.29, 0.717) is 11.2 Å². The second kappa shape index (κ2) is 10.1. The van der Waals surface area contributed by atoms with Gasteiger partial charge in [-0.05, 0) is 124 Å². The first-order valence-corrected chi connectivity index (χ1v) is 13.7. The topological polar surface area (TPSA) is 62.5 Å². The molecule has 0 spiro atoms. The first-order chi connectivity index (χ1) is 18.5. The van der Waals surface area contributed by atoms with E-state index >= 15 is 0 Å². The Hall–Kier alpha value is -3.84. The molecule has 6 rings (SSSR count). The minimum absolute atomic E-state index is 0.101. The molecule has 6 nitrogen and oxygen atoms in total. The minimum atomic E-state index is -0.119. The van der Waals surface area contributed by atoms with Crippen molar-refractivity contribution in [2.45, 2.75) is 57.7 Å². The molecule has 1 saturated heterocycles. The Morgan fingerprint density at radius 3 is 2.34 bits per heavy atom. The zero-order valence-corrected chi connectivity index (χ0v) is 22.5. The molecule has 0 radical (unpaired) electrons. The Morgan fingerprint density at radius 1 is 0.947 bits per heavy atom. The molecule has 2 aromatic heterocycles. The lowest BCUT2D eigenvalue weighted by molar-refractivity contribution is 0.210. The van der Waals surface area contributed by atoms with Gasteiger partial charge in [0.05, 0.1) is 23.9 Å². The van der Waals surface area contributed by atoms with Crippen LogP contribution >= 0.6 is 12.2 Å². The van der Waals surface area contributed by atoms with Crippen LogP contribution in [0.4, 0.5) is 5.69 Å². The van der Waals surface area contributed by atoms with E-state index in [-0.39, 0.29) is 17.8 Å². The third-order valence-corrected chi connectivity index (χ3v) is 8.03.